The number of hydrogen-bond donors (Lipinski definition) is 2. The van der Waals surface area contributed by atoms with E-state index in [-0.39, 0.29) is 18.0 Å². The summed E-state index contributed by atoms with van der Waals surface area (Å²) in [4.78, 5) is 13.9. The first-order valence-electron chi connectivity index (χ1n) is 6.98. The van der Waals surface area contributed by atoms with E-state index >= 15 is 0 Å². The van der Waals surface area contributed by atoms with Crippen LogP contribution >= 0.6 is 15.9 Å². The van der Waals surface area contributed by atoms with E-state index in [4.69, 9.17) is 5.73 Å². The molecule has 1 fully saturated rings. The SMILES string of the molecule is CC(N)C(c1ccc(Br)cc1)N(C)CC(=O)NC1CC1. The number of nitrogens with zero attached hydrogens (tertiary/aromatic N) is 1. The highest BCUT2D eigenvalue weighted by atomic mass is 79.9. The Labute approximate surface area is 128 Å². The van der Waals surface area contributed by atoms with Gasteiger partial charge in [0, 0.05) is 22.6 Å². The Kier molecular flexibility index (Phi) is 5.18. The lowest BCUT2D eigenvalue weighted by Gasteiger charge is -2.31. The molecule has 1 aromatic rings. The number of carbonyl (C=O) groups is 1. The summed E-state index contributed by atoms with van der Waals surface area (Å²) in [5, 5.41) is 3.01. The van der Waals surface area contributed by atoms with Gasteiger partial charge in [-0.2, -0.15) is 0 Å². The molecule has 2 unspecified atom stereocenters. The average molecular weight is 340 g/mol. The number of benzene rings is 1. The Hall–Kier alpha value is -0.910. The molecule has 2 rings (SSSR count). The molecule has 5 heteroatoms. The Bertz CT molecular complexity index is 457. The van der Waals surface area contributed by atoms with Crippen LogP contribution in [-0.4, -0.2) is 36.5 Å². The van der Waals surface area contributed by atoms with Crippen LogP contribution < -0.4 is 11.1 Å². The van der Waals surface area contributed by atoms with Gasteiger partial charge in [0.25, 0.3) is 0 Å². The topological polar surface area (TPSA) is 58.4 Å². The molecule has 1 saturated carbocycles. The normalized spacial score (nSPS) is 17.9. The van der Waals surface area contributed by atoms with Crippen LogP contribution in [0.3, 0.4) is 0 Å². The van der Waals surface area contributed by atoms with Crippen LogP contribution in [0.2, 0.25) is 0 Å². The van der Waals surface area contributed by atoms with Crippen molar-refractivity contribution < 1.29 is 4.79 Å². The van der Waals surface area contributed by atoms with Crippen LogP contribution in [-0.2, 0) is 4.79 Å². The van der Waals surface area contributed by atoms with Gasteiger partial charge in [-0.05, 0) is 44.5 Å². The zero-order valence-corrected chi connectivity index (χ0v) is 13.6. The van der Waals surface area contributed by atoms with Crippen LogP contribution in [0.4, 0.5) is 0 Å². The molecular formula is C15H22BrN3O. The standard InChI is InChI=1S/C15H22BrN3O/c1-10(17)15(11-3-5-12(16)6-4-11)19(2)9-14(20)18-13-7-8-13/h3-6,10,13,15H,7-9,17H2,1-2H3,(H,18,20). The van der Waals surface area contributed by atoms with Gasteiger partial charge in [0.1, 0.15) is 0 Å². The molecule has 1 aliphatic carbocycles. The summed E-state index contributed by atoms with van der Waals surface area (Å²) in [6.45, 7) is 2.35. The molecular weight excluding hydrogens is 318 g/mol. The zero-order chi connectivity index (χ0) is 14.7. The lowest BCUT2D eigenvalue weighted by molar-refractivity contribution is -0.122. The highest BCUT2D eigenvalue weighted by Gasteiger charge is 2.26. The summed E-state index contributed by atoms with van der Waals surface area (Å²) < 4.78 is 1.04. The lowest BCUT2D eigenvalue weighted by atomic mass is 9.99. The minimum Gasteiger partial charge on any atom is -0.352 e. The molecule has 0 spiro atoms. The van der Waals surface area contributed by atoms with Crippen LogP contribution in [0.5, 0.6) is 0 Å². The third-order valence-corrected chi connectivity index (χ3v) is 4.05. The van der Waals surface area contributed by atoms with Crippen molar-refractivity contribution >= 4 is 21.8 Å². The molecule has 3 N–H and O–H groups in total. The van der Waals surface area contributed by atoms with Crippen LogP contribution in [0, 0.1) is 0 Å². The smallest absolute Gasteiger partial charge is 0.234 e. The summed E-state index contributed by atoms with van der Waals surface area (Å²) in [7, 11) is 1.95. The van der Waals surface area contributed by atoms with Gasteiger partial charge in [-0.15, -0.1) is 0 Å². The predicted octanol–water partition coefficient (Wildman–Crippen LogP) is 2.05. The summed E-state index contributed by atoms with van der Waals surface area (Å²) in [6, 6.07) is 8.49. The van der Waals surface area contributed by atoms with Crippen LogP contribution in [0.1, 0.15) is 31.4 Å². The Balaban J connectivity index is 2.02. The zero-order valence-electron chi connectivity index (χ0n) is 12.0. The maximum absolute atomic E-state index is 11.9. The molecule has 0 aliphatic heterocycles. The first-order valence-corrected chi connectivity index (χ1v) is 7.77. The molecule has 0 aromatic heterocycles. The van der Waals surface area contributed by atoms with Crippen molar-refractivity contribution in [3.63, 3.8) is 0 Å². The largest absolute Gasteiger partial charge is 0.352 e. The first kappa shape index (κ1) is 15.5. The third kappa shape index (κ3) is 4.30. The van der Waals surface area contributed by atoms with Crippen molar-refractivity contribution in [2.45, 2.75) is 37.9 Å². The van der Waals surface area contributed by atoms with E-state index in [9.17, 15) is 4.79 Å². The number of likely N-dealkylation sites (N-methyl/N-ethyl adjacent to an activating group) is 1. The number of nitrogens with two attached hydrogens (primary N) is 1. The Morgan fingerprint density at radius 1 is 1.45 bits per heavy atom. The van der Waals surface area contributed by atoms with E-state index in [1.54, 1.807) is 0 Å². The second kappa shape index (κ2) is 6.70. The van der Waals surface area contributed by atoms with Crippen molar-refractivity contribution in [1.82, 2.24) is 10.2 Å². The first-order chi connectivity index (χ1) is 9.47. The predicted molar refractivity (Wildman–Crippen MR) is 84.3 cm³/mol. The average Bonchev–Trinajstić information content (AvgIpc) is 3.15. The van der Waals surface area contributed by atoms with Crippen LogP contribution in [0.15, 0.2) is 28.7 Å². The summed E-state index contributed by atoms with van der Waals surface area (Å²) >= 11 is 3.43. The molecule has 20 heavy (non-hydrogen) atoms. The second-order valence-electron chi connectivity index (χ2n) is 5.61. The molecule has 2 atom stereocenters. The molecule has 0 bridgehead atoms. The summed E-state index contributed by atoms with van der Waals surface area (Å²) in [5.41, 5.74) is 7.24. The summed E-state index contributed by atoms with van der Waals surface area (Å²) in [5.74, 6) is 0.0813. The summed E-state index contributed by atoms with van der Waals surface area (Å²) in [6.07, 6.45) is 2.22. The van der Waals surface area contributed by atoms with Crippen molar-refractivity contribution in [2.75, 3.05) is 13.6 Å². The molecule has 0 heterocycles. The molecule has 1 aliphatic rings. The maximum Gasteiger partial charge on any atom is 0.234 e. The van der Waals surface area contributed by atoms with Gasteiger partial charge in [-0.25, -0.2) is 0 Å². The minimum absolute atomic E-state index is 0.0352. The monoisotopic (exact) mass is 339 g/mol. The molecule has 1 aromatic carbocycles. The van der Waals surface area contributed by atoms with Crippen molar-refractivity contribution in [3.8, 4) is 0 Å². The number of hydrogen-bond acceptors (Lipinski definition) is 3. The maximum atomic E-state index is 11.9. The van der Waals surface area contributed by atoms with E-state index in [1.165, 1.54) is 0 Å². The third-order valence-electron chi connectivity index (χ3n) is 3.52. The number of halogens is 1. The number of nitrogens with one attached hydrogen (secondary N) is 1. The van der Waals surface area contributed by atoms with Crippen molar-refractivity contribution in [2.24, 2.45) is 5.73 Å². The molecule has 1 amide bonds. The van der Waals surface area contributed by atoms with E-state index in [0.29, 0.717) is 12.6 Å². The fraction of sp³-hybridized carbons (Fsp3) is 0.533. The number of rotatable bonds is 6. The quantitative estimate of drug-likeness (QED) is 0.833. The minimum atomic E-state index is -0.0464. The lowest BCUT2D eigenvalue weighted by Crippen LogP contribution is -2.43. The van der Waals surface area contributed by atoms with Gasteiger partial charge < -0.3 is 11.1 Å². The van der Waals surface area contributed by atoms with E-state index in [0.717, 1.165) is 22.9 Å². The van der Waals surface area contributed by atoms with Crippen molar-refractivity contribution in [1.29, 1.82) is 0 Å². The number of carbonyl (C=O) groups excluding carboxylic acids is 1. The molecule has 0 radical (unpaired) electrons. The molecule has 110 valence electrons. The van der Waals surface area contributed by atoms with Gasteiger partial charge in [-0.1, -0.05) is 28.1 Å². The van der Waals surface area contributed by atoms with Crippen LogP contribution in [0.25, 0.3) is 0 Å². The van der Waals surface area contributed by atoms with Crippen molar-refractivity contribution in [3.05, 3.63) is 34.3 Å². The molecule has 0 saturated heterocycles. The van der Waals surface area contributed by atoms with E-state index in [2.05, 4.69) is 21.2 Å². The fourth-order valence-corrected chi connectivity index (χ4v) is 2.71. The highest BCUT2D eigenvalue weighted by molar-refractivity contribution is 9.10. The Morgan fingerprint density at radius 3 is 2.55 bits per heavy atom. The van der Waals surface area contributed by atoms with Gasteiger partial charge in [-0.3, -0.25) is 9.69 Å². The van der Waals surface area contributed by atoms with E-state index in [1.807, 2.05) is 43.1 Å². The fourth-order valence-electron chi connectivity index (χ4n) is 2.45. The van der Waals surface area contributed by atoms with E-state index < -0.39 is 0 Å². The number of amides is 1. The Morgan fingerprint density at radius 2 is 2.05 bits per heavy atom. The van der Waals surface area contributed by atoms with Gasteiger partial charge >= 0.3 is 0 Å². The highest BCUT2D eigenvalue weighted by Crippen LogP contribution is 2.24. The second-order valence-corrected chi connectivity index (χ2v) is 6.53. The molecule has 4 nitrogen and oxygen atoms in total. The van der Waals surface area contributed by atoms with Gasteiger partial charge in [0.15, 0.2) is 0 Å². The van der Waals surface area contributed by atoms with Gasteiger partial charge in [0.2, 0.25) is 5.91 Å². The van der Waals surface area contributed by atoms with Gasteiger partial charge in [0.05, 0.1) is 6.54 Å².